The van der Waals surface area contributed by atoms with E-state index < -0.39 is 17.5 Å². The highest BCUT2D eigenvalue weighted by atomic mass is 19.1. The van der Waals surface area contributed by atoms with Crippen LogP contribution in [0.3, 0.4) is 0 Å². The molecule has 4 nitrogen and oxygen atoms in total. The predicted molar refractivity (Wildman–Crippen MR) is 106 cm³/mol. The van der Waals surface area contributed by atoms with E-state index in [0.29, 0.717) is 22.2 Å². The first kappa shape index (κ1) is 19.1. The molecular formula is C22H20F3N3O. The number of hydrogen-bond acceptors (Lipinski definition) is 2. The van der Waals surface area contributed by atoms with Gasteiger partial charge in [-0.05, 0) is 54.3 Å². The van der Waals surface area contributed by atoms with Crippen molar-refractivity contribution in [1.82, 2.24) is 15.6 Å². The lowest BCUT2D eigenvalue weighted by molar-refractivity contribution is -0.121. The zero-order valence-corrected chi connectivity index (χ0v) is 15.6. The van der Waals surface area contributed by atoms with Crippen LogP contribution in [0.5, 0.6) is 0 Å². The van der Waals surface area contributed by atoms with Gasteiger partial charge in [0.15, 0.2) is 0 Å². The summed E-state index contributed by atoms with van der Waals surface area (Å²) in [7, 11) is 0. The molecule has 4 rings (SSSR count). The average molecular weight is 399 g/mol. The third kappa shape index (κ3) is 3.85. The Hall–Kier alpha value is -3.22. The van der Waals surface area contributed by atoms with Gasteiger partial charge in [-0.1, -0.05) is 6.58 Å². The van der Waals surface area contributed by atoms with Crippen LogP contribution in [0.25, 0.3) is 22.2 Å². The largest absolute Gasteiger partial charge is 0.387 e. The number of H-pyrrole nitrogens is 1. The Labute approximate surface area is 165 Å². The van der Waals surface area contributed by atoms with Crippen LogP contribution in [0.4, 0.5) is 13.2 Å². The van der Waals surface area contributed by atoms with Crippen LogP contribution in [0.2, 0.25) is 0 Å². The summed E-state index contributed by atoms with van der Waals surface area (Å²) >= 11 is 0. The lowest BCUT2D eigenvalue weighted by Crippen LogP contribution is -2.34. The number of carbonyl (C=O) groups is 1. The number of carbonyl (C=O) groups excluding carboxylic acids is 1. The third-order valence-corrected chi connectivity index (χ3v) is 5.21. The van der Waals surface area contributed by atoms with Gasteiger partial charge in [0, 0.05) is 35.8 Å². The molecule has 0 saturated carbocycles. The lowest BCUT2D eigenvalue weighted by Gasteiger charge is -2.13. The Morgan fingerprint density at radius 3 is 2.59 bits per heavy atom. The standard InChI is InChI=1S/C22H20F3N3O/c1-12-19(8-9-26-12)27-20(29)7-6-16-17-10-15(24)11-18(25)22(17)28-21(16)13-2-4-14(23)5-3-13/h2-5,10-11,19,26,28H,1,6-9H2,(H,27,29). The van der Waals surface area contributed by atoms with Crippen LogP contribution in [0.15, 0.2) is 48.7 Å². The molecule has 0 bridgehead atoms. The Bertz CT molecular complexity index is 1090. The monoisotopic (exact) mass is 399 g/mol. The number of aryl methyl sites for hydroxylation is 1. The topological polar surface area (TPSA) is 56.9 Å². The minimum absolute atomic E-state index is 0.114. The zero-order chi connectivity index (χ0) is 20.5. The van der Waals surface area contributed by atoms with Crippen LogP contribution in [0, 0.1) is 17.5 Å². The fraction of sp³-hybridized carbons (Fsp3) is 0.227. The maximum atomic E-state index is 14.3. The van der Waals surface area contributed by atoms with E-state index in [1.807, 2.05) is 0 Å². The summed E-state index contributed by atoms with van der Waals surface area (Å²) in [6, 6.07) is 7.66. The normalized spacial score (nSPS) is 16.2. The molecule has 1 fully saturated rings. The van der Waals surface area contributed by atoms with Crippen molar-refractivity contribution in [3.63, 3.8) is 0 Å². The number of rotatable bonds is 5. The fourth-order valence-electron chi connectivity index (χ4n) is 3.74. The van der Waals surface area contributed by atoms with E-state index in [1.165, 1.54) is 18.2 Å². The van der Waals surface area contributed by atoms with E-state index in [9.17, 15) is 18.0 Å². The molecule has 0 spiro atoms. The Morgan fingerprint density at radius 2 is 1.90 bits per heavy atom. The summed E-state index contributed by atoms with van der Waals surface area (Å²) in [6.45, 7) is 4.64. The smallest absolute Gasteiger partial charge is 0.220 e. The highest BCUT2D eigenvalue weighted by molar-refractivity contribution is 5.92. The molecule has 1 aliphatic rings. The maximum absolute atomic E-state index is 14.3. The molecule has 0 radical (unpaired) electrons. The molecule has 1 saturated heterocycles. The number of hydrogen-bond donors (Lipinski definition) is 3. The average Bonchev–Trinajstić information content (AvgIpc) is 3.24. The summed E-state index contributed by atoms with van der Waals surface area (Å²) in [6.07, 6.45) is 1.19. The van der Waals surface area contributed by atoms with Crippen molar-refractivity contribution < 1.29 is 18.0 Å². The van der Waals surface area contributed by atoms with E-state index >= 15 is 0 Å². The van der Waals surface area contributed by atoms with E-state index in [4.69, 9.17) is 0 Å². The van der Waals surface area contributed by atoms with Crippen LogP contribution in [-0.2, 0) is 11.2 Å². The van der Waals surface area contributed by atoms with Gasteiger partial charge in [0.2, 0.25) is 5.91 Å². The molecule has 1 aliphatic heterocycles. The second-order valence-electron chi connectivity index (χ2n) is 7.16. The molecule has 2 aromatic carbocycles. The molecule has 150 valence electrons. The molecule has 0 aliphatic carbocycles. The van der Waals surface area contributed by atoms with Gasteiger partial charge < -0.3 is 15.6 Å². The van der Waals surface area contributed by atoms with Crippen molar-refractivity contribution in [3.05, 3.63) is 71.7 Å². The molecular weight excluding hydrogens is 379 g/mol. The van der Waals surface area contributed by atoms with Crippen molar-refractivity contribution in [2.45, 2.75) is 25.3 Å². The molecule has 3 aromatic rings. The minimum Gasteiger partial charge on any atom is -0.387 e. The zero-order valence-electron chi connectivity index (χ0n) is 15.6. The second-order valence-corrected chi connectivity index (χ2v) is 7.16. The van der Waals surface area contributed by atoms with Crippen LogP contribution in [-0.4, -0.2) is 23.5 Å². The molecule has 7 heteroatoms. The summed E-state index contributed by atoms with van der Waals surface area (Å²) in [5, 5.41) is 6.38. The van der Waals surface area contributed by atoms with Crippen molar-refractivity contribution in [2.24, 2.45) is 0 Å². The van der Waals surface area contributed by atoms with Crippen LogP contribution in [0.1, 0.15) is 18.4 Å². The fourth-order valence-corrected chi connectivity index (χ4v) is 3.74. The summed E-state index contributed by atoms with van der Waals surface area (Å²) in [5.41, 5.74) is 2.73. The number of nitrogens with one attached hydrogen (secondary N) is 3. The quantitative estimate of drug-likeness (QED) is 0.603. The number of aromatic nitrogens is 1. The van der Waals surface area contributed by atoms with Gasteiger partial charge in [0.25, 0.3) is 0 Å². The molecule has 1 unspecified atom stereocenters. The van der Waals surface area contributed by atoms with Gasteiger partial charge in [-0.3, -0.25) is 4.79 Å². The van der Waals surface area contributed by atoms with Crippen molar-refractivity contribution in [2.75, 3.05) is 6.54 Å². The number of aromatic amines is 1. The predicted octanol–water partition coefficient (Wildman–Crippen LogP) is 4.18. The molecule has 1 aromatic heterocycles. The Morgan fingerprint density at radius 1 is 1.14 bits per heavy atom. The maximum Gasteiger partial charge on any atom is 0.220 e. The first-order valence-corrected chi connectivity index (χ1v) is 9.40. The SMILES string of the molecule is C=C1NCCC1NC(=O)CCc1c(-c2ccc(F)cc2)[nH]c2c(F)cc(F)cc12. The Balaban J connectivity index is 1.65. The van der Waals surface area contributed by atoms with Gasteiger partial charge in [-0.2, -0.15) is 0 Å². The first-order valence-electron chi connectivity index (χ1n) is 9.40. The molecule has 29 heavy (non-hydrogen) atoms. The summed E-state index contributed by atoms with van der Waals surface area (Å²) in [4.78, 5) is 15.4. The van der Waals surface area contributed by atoms with Gasteiger partial charge in [-0.25, -0.2) is 13.2 Å². The summed E-state index contributed by atoms with van der Waals surface area (Å²) < 4.78 is 41.5. The molecule has 3 N–H and O–H groups in total. The molecule has 1 atom stereocenters. The molecule has 1 amide bonds. The van der Waals surface area contributed by atoms with Gasteiger partial charge in [0.1, 0.15) is 17.5 Å². The van der Waals surface area contributed by atoms with E-state index in [0.717, 1.165) is 24.7 Å². The van der Waals surface area contributed by atoms with Crippen molar-refractivity contribution >= 4 is 16.8 Å². The highest BCUT2D eigenvalue weighted by Crippen LogP contribution is 2.33. The van der Waals surface area contributed by atoms with E-state index in [1.54, 1.807) is 12.1 Å². The first-order chi connectivity index (χ1) is 13.9. The lowest BCUT2D eigenvalue weighted by atomic mass is 10.0. The minimum atomic E-state index is -0.715. The van der Waals surface area contributed by atoms with Gasteiger partial charge in [0.05, 0.1) is 11.6 Å². The van der Waals surface area contributed by atoms with Crippen LogP contribution < -0.4 is 10.6 Å². The third-order valence-electron chi connectivity index (χ3n) is 5.21. The van der Waals surface area contributed by atoms with E-state index in [-0.39, 0.29) is 30.3 Å². The number of fused-ring (bicyclic) bond motifs is 1. The van der Waals surface area contributed by atoms with Crippen LogP contribution >= 0.6 is 0 Å². The van der Waals surface area contributed by atoms with Crippen molar-refractivity contribution in [3.8, 4) is 11.3 Å². The Kier molecular flexibility index (Phi) is 5.05. The van der Waals surface area contributed by atoms with Gasteiger partial charge in [-0.15, -0.1) is 0 Å². The van der Waals surface area contributed by atoms with Crippen molar-refractivity contribution in [1.29, 1.82) is 0 Å². The number of halogens is 3. The number of benzene rings is 2. The highest BCUT2D eigenvalue weighted by Gasteiger charge is 2.22. The number of amides is 1. The second kappa shape index (κ2) is 7.66. The molecule has 2 heterocycles. The summed E-state index contributed by atoms with van der Waals surface area (Å²) in [5.74, 6) is -1.98. The van der Waals surface area contributed by atoms with Gasteiger partial charge >= 0.3 is 0 Å². The van der Waals surface area contributed by atoms with E-state index in [2.05, 4.69) is 22.2 Å².